The maximum Gasteiger partial charge on any atom is 0.234 e. The van der Waals surface area contributed by atoms with Crippen molar-refractivity contribution in [3.63, 3.8) is 0 Å². The number of hydrogen-bond acceptors (Lipinski definition) is 3. The summed E-state index contributed by atoms with van der Waals surface area (Å²) in [7, 11) is 5.80. The van der Waals surface area contributed by atoms with Gasteiger partial charge in [0.25, 0.3) is 0 Å². The van der Waals surface area contributed by atoms with Gasteiger partial charge in [0.05, 0.1) is 6.54 Å². The molecule has 0 spiro atoms. The fourth-order valence-electron chi connectivity index (χ4n) is 1.23. The normalized spacial score (nSPS) is 13.4. The Kier molecular flexibility index (Phi) is 6.49. The molecule has 0 aromatic carbocycles. The molecule has 0 saturated carbocycles. The highest BCUT2D eigenvalue weighted by molar-refractivity contribution is 5.78. The molecular weight excluding hydrogens is 178 g/mol. The number of likely N-dealkylation sites (N-methyl/N-ethyl adjacent to an activating group) is 2. The van der Waals surface area contributed by atoms with Crippen molar-refractivity contribution in [2.75, 3.05) is 34.2 Å². The zero-order chi connectivity index (χ0) is 11.1. The van der Waals surface area contributed by atoms with Crippen LogP contribution in [0.15, 0.2) is 0 Å². The summed E-state index contributed by atoms with van der Waals surface area (Å²) < 4.78 is 0. The van der Waals surface area contributed by atoms with Gasteiger partial charge in [-0.3, -0.25) is 4.79 Å². The van der Waals surface area contributed by atoms with E-state index >= 15 is 0 Å². The molecule has 1 atom stereocenters. The van der Waals surface area contributed by atoms with E-state index in [1.807, 2.05) is 14.1 Å². The maximum atomic E-state index is 11.3. The van der Waals surface area contributed by atoms with Gasteiger partial charge in [0, 0.05) is 12.6 Å². The molecule has 0 aromatic heterocycles. The Balaban J connectivity index is 4.02. The van der Waals surface area contributed by atoms with Gasteiger partial charge in [-0.2, -0.15) is 0 Å². The van der Waals surface area contributed by atoms with E-state index < -0.39 is 0 Å². The van der Waals surface area contributed by atoms with Crippen LogP contribution in [0.2, 0.25) is 0 Å². The number of rotatable bonds is 6. The zero-order valence-electron chi connectivity index (χ0n) is 9.92. The van der Waals surface area contributed by atoms with Crippen LogP contribution in [0, 0.1) is 5.92 Å². The molecular formula is C10H23N3O. The van der Waals surface area contributed by atoms with Crippen molar-refractivity contribution in [2.45, 2.75) is 19.9 Å². The largest absolute Gasteiger partial charge is 0.351 e. The van der Waals surface area contributed by atoms with Crippen LogP contribution in [0.1, 0.15) is 13.8 Å². The highest BCUT2D eigenvalue weighted by Crippen LogP contribution is 2.02. The summed E-state index contributed by atoms with van der Waals surface area (Å²) >= 11 is 0. The standard InChI is InChI=1S/C10H23N3O/c1-8(2)9(7-13(4)5)12-10(14)6-11-3/h8-9,11H,6-7H2,1-5H3,(H,12,14). The highest BCUT2D eigenvalue weighted by Gasteiger charge is 2.16. The number of amides is 1. The molecule has 0 fully saturated rings. The van der Waals surface area contributed by atoms with Crippen molar-refractivity contribution in [2.24, 2.45) is 5.92 Å². The molecule has 84 valence electrons. The number of carbonyl (C=O) groups is 1. The lowest BCUT2D eigenvalue weighted by atomic mass is 10.0. The number of hydrogen-bond donors (Lipinski definition) is 2. The molecule has 0 aromatic rings. The fourth-order valence-corrected chi connectivity index (χ4v) is 1.23. The number of carbonyl (C=O) groups excluding carboxylic acids is 1. The molecule has 0 saturated heterocycles. The lowest BCUT2D eigenvalue weighted by molar-refractivity contribution is -0.121. The van der Waals surface area contributed by atoms with Crippen molar-refractivity contribution in [3.8, 4) is 0 Å². The van der Waals surface area contributed by atoms with Crippen molar-refractivity contribution >= 4 is 5.91 Å². The summed E-state index contributed by atoms with van der Waals surface area (Å²) in [5.74, 6) is 0.520. The topological polar surface area (TPSA) is 44.4 Å². The van der Waals surface area contributed by atoms with Gasteiger partial charge in [-0.15, -0.1) is 0 Å². The molecule has 14 heavy (non-hydrogen) atoms. The van der Waals surface area contributed by atoms with Gasteiger partial charge >= 0.3 is 0 Å². The lowest BCUT2D eigenvalue weighted by Gasteiger charge is -2.25. The molecule has 0 radical (unpaired) electrons. The molecule has 0 aliphatic heterocycles. The Morgan fingerprint density at radius 3 is 2.29 bits per heavy atom. The predicted molar refractivity (Wildman–Crippen MR) is 59.2 cm³/mol. The monoisotopic (exact) mass is 201 g/mol. The van der Waals surface area contributed by atoms with Crippen molar-refractivity contribution in [3.05, 3.63) is 0 Å². The molecule has 0 aliphatic carbocycles. The maximum absolute atomic E-state index is 11.3. The van der Waals surface area contributed by atoms with Crippen LogP contribution in [-0.4, -0.2) is 51.1 Å². The molecule has 4 nitrogen and oxygen atoms in total. The number of nitrogens with one attached hydrogen (secondary N) is 2. The molecule has 0 aliphatic rings. The second kappa shape index (κ2) is 6.79. The Morgan fingerprint density at radius 2 is 1.93 bits per heavy atom. The van der Waals surface area contributed by atoms with Crippen LogP contribution in [0.5, 0.6) is 0 Å². The minimum Gasteiger partial charge on any atom is -0.351 e. The molecule has 4 heteroatoms. The van der Waals surface area contributed by atoms with E-state index in [-0.39, 0.29) is 11.9 Å². The summed E-state index contributed by atoms with van der Waals surface area (Å²) in [5.41, 5.74) is 0. The Bertz CT molecular complexity index is 169. The molecule has 1 amide bonds. The van der Waals surface area contributed by atoms with Gasteiger partial charge in [-0.1, -0.05) is 13.8 Å². The average molecular weight is 201 g/mol. The first-order chi connectivity index (χ1) is 6.47. The summed E-state index contributed by atoms with van der Waals surface area (Å²) in [6, 6.07) is 0.228. The number of nitrogens with zero attached hydrogens (tertiary/aromatic N) is 1. The third kappa shape index (κ3) is 5.94. The van der Waals surface area contributed by atoms with E-state index in [4.69, 9.17) is 0 Å². The minimum atomic E-state index is 0.0630. The quantitative estimate of drug-likeness (QED) is 0.631. The summed E-state index contributed by atoms with van der Waals surface area (Å²) in [6.45, 7) is 5.51. The zero-order valence-corrected chi connectivity index (χ0v) is 9.92. The Labute approximate surface area is 87.0 Å². The van der Waals surface area contributed by atoms with E-state index in [2.05, 4.69) is 29.4 Å². The van der Waals surface area contributed by atoms with Gasteiger partial charge < -0.3 is 15.5 Å². The summed E-state index contributed by atoms with van der Waals surface area (Å²) in [5, 5.41) is 5.85. The van der Waals surface area contributed by atoms with Gasteiger partial charge in [0.2, 0.25) is 5.91 Å². The molecule has 2 N–H and O–H groups in total. The van der Waals surface area contributed by atoms with Gasteiger partial charge in [-0.25, -0.2) is 0 Å². The Morgan fingerprint density at radius 1 is 1.36 bits per heavy atom. The SMILES string of the molecule is CNCC(=O)NC(CN(C)C)C(C)C. The van der Waals surface area contributed by atoms with E-state index in [9.17, 15) is 4.79 Å². The van der Waals surface area contributed by atoms with E-state index in [1.165, 1.54) is 0 Å². The average Bonchev–Trinajstić information content (AvgIpc) is 2.02. The van der Waals surface area contributed by atoms with E-state index in [1.54, 1.807) is 7.05 Å². The third-order valence-electron chi connectivity index (χ3n) is 2.05. The van der Waals surface area contributed by atoms with Crippen LogP contribution in [0.4, 0.5) is 0 Å². The van der Waals surface area contributed by atoms with Crippen LogP contribution in [0.3, 0.4) is 0 Å². The van der Waals surface area contributed by atoms with Crippen molar-refractivity contribution in [1.82, 2.24) is 15.5 Å². The minimum absolute atomic E-state index is 0.0630. The van der Waals surface area contributed by atoms with Crippen LogP contribution >= 0.6 is 0 Å². The highest BCUT2D eigenvalue weighted by atomic mass is 16.1. The predicted octanol–water partition coefficient (Wildman–Crippen LogP) is -0.0918. The van der Waals surface area contributed by atoms with E-state index in [0.717, 1.165) is 6.54 Å². The lowest BCUT2D eigenvalue weighted by Crippen LogP contribution is -2.47. The van der Waals surface area contributed by atoms with Crippen molar-refractivity contribution in [1.29, 1.82) is 0 Å². The first-order valence-corrected chi connectivity index (χ1v) is 5.06. The second-order valence-corrected chi connectivity index (χ2v) is 4.21. The van der Waals surface area contributed by atoms with Crippen LogP contribution in [0.25, 0.3) is 0 Å². The first-order valence-electron chi connectivity index (χ1n) is 5.06. The third-order valence-corrected chi connectivity index (χ3v) is 2.05. The Hall–Kier alpha value is -0.610. The van der Waals surface area contributed by atoms with Gasteiger partial charge in [0.1, 0.15) is 0 Å². The van der Waals surface area contributed by atoms with Gasteiger partial charge in [-0.05, 0) is 27.1 Å². The summed E-state index contributed by atoms with van der Waals surface area (Å²) in [4.78, 5) is 13.4. The molecule has 0 heterocycles. The smallest absolute Gasteiger partial charge is 0.234 e. The molecule has 0 bridgehead atoms. The van der Waals surface area contributed by atoms with Crippen molar-refractivity contribution < 1.29 is 4.79 Å². The molecule has 0 rings (SSSR count). The molecule has 1 unspecified atom stereocenters. The second-order valence-electron chi connectivity index (χ2n) is 4.21. The first kappa shape index (κ1) is 13.4. The summed E-state index contributed by atoms with van der Waals surface area (Å²) in [6.07, 6.45) is 0. The fraction of sp³-hybridized carbons (Fsp3) is 0.900. The van der Waals surface area contributed by atoms with Gasteiger partial charge in [0.15, 0.2) is 0 Å². The van der Waals surface area contributed by atoms with Crippen LogP contribution in [-0.2, 0) is 4.79 Å². The van der Waals surface area contributed by atoms with E-state index in [0.29, 0.717) is 12.5 Å². The van der Waals surface area contributed by atoms with Crippen LogP contribution < -0.4 is 10.6 Å².